The third-order valence-corrected chi connectivity index (χ3v) is 6.23. The Morgan fingerprint density at radius 3 is 2.39 bits per heavy atom. The van der Waals surface area contributed by atoms with Crippen molar-refractivity contribution in [2.24, 2.45) is 0 Å². The number of aliphatic hydroxyl groups excluding tert-OH is 1. The van der Waals surface area contributed by atoms with Gasteiger partial charge in [0, 0.05) is 15.7 Å². The molecule has 1 saturated heterocycles. The second-order valence-electron chi connectivity index (χ2n) is 7.57. The number of aliphatic hydroxyl groups is 1. The molecule has 0 spiro atoms. The second-order valence-corrected chi connectivity index (χ2v) is 8.42. The smallest absolute Gasteiger partial charge is 0.300 e. The number of hydrogen-bond acceptors (Lipinski definition) is 4. The molecule has 1 aliphatic rings. The highest BCUT2D eigenvalue weighted by atomic mass is 79.9. The molecular formula is C25H20BrNO4. The van der Waals surface area contributed by atoms with Gasteiger partial charge in [0.15, 0.2) is 0 Å². The van der Waals surface area contributed by atoms with E-state index in [9.17, 15) is 19.8 Å². The van der Waals surface area contributed by atoms with E-state index in [-0.39, 0.29) is 17.1 Å². The van der Waals surface area contributed by atoms with Crippen LogP contribution in [-0.4, -0.2) is 21.9 Å². The number of aromatic hydroxyl groups is 1. The van der Waals surface area contributed by atoms with Crippen molar-refractivity contribution in [3.05, 3.63) is 99.0 Å². The van der Waals surface area contributed by atoms with Gasteiger partial charge in [0.2, 0.25) is 0 Å². The standard InChI is InChI=1S/C25H20BrNO4/c1-14-5-3-7-18(11-14)27-22(16-6-4-8-19(28)13-16)21(24(30)25(27)31)23(29)17-9-10-20(26)15(2)12-17/h3-13,22,28-29H,1-2H3/b23-21-. The summed E-state index contributed by atoms with van der Waals surface area (Å²) in [6.45, 7) is 3.77. The van der Waals surface area contributed by atoms with E-state index in [0.717, 1.165) is 15.6 Å². The molecule has 1 fully saturated rings. The summed E-state index contributed by atoms with van der Waals surface area (Å²) in [5.74, 6) is -1.74. The molecule has 31 heavy (non-hydrogen) atoms. The number of phenolic OH excluding ortho intramolecular Hbond substituents is 1. The number of Topliss-reactive ketones (excluding diaryl/α,β-unsaturated/α-hetero) is 1. The van der Waals surface area contributed by atoms with Crippen LogP contribution in [-0.2, 0) is 9.59 Å². The van der Waals surface area contributed by atoms with Gasteiger partial charge in [-0.3, -0.25) is 14.5 Å². The van der Waals surface area contributed by atoms with E-state index in [0.29, 0.717) is 16.8 Å². The van der Waals surface area contributed by atoms with Crippen LogP contribution in [0.5, 0.6) is 5.75 Å². The average Bonchev–Trinajstić information content (AvgIpc) is 3.00. The van der Waals surface area contributed by atoms with Crippen molar-refractivity contribution < 1.29 is 19.8 Å². The third kappa shape index (κ3) is 3.75. The van der Waals surface area contributed by atoms with Gasteiger partial charge in [-0.05, 0) is 66.9 Å². The van der Waals surface area contributed by atoms with E-state index in [2.05, 4.69) is 15.9 Å². The van der Waals surface area contributed by atoms with Gasteiger partial charge in [-0.2, -0.15) is 0 Å². The van der Waals surface area contributed by atoms with Gasteiger partial charge in [-0.1, -0.05) is 46.3 Å². The van der Waals surface area contributed by atoms with Crippen LogP contribution in [0.25, 0.3) is 5.76 Å². The van der Waals surface area contributed by atoms with Crippen molar-refractivity contribution in [1.82, 2.24) is 0 Å². The maximum atomic E-state index is 13.1. The molecule has 3 aromatic rings. The number of anilines is 1. The zero-order valence-electron chi connectivity index (χ0n) is 17.0. The van der Waals surface area contributed by atoms with Crippen LogP contribution in [0, 0.1) is 13.8 Å². The number of hydrogen-bond donors (Lipinski definition) is 2. The molecule has 156 valence electrons. The lowest BCUT2D eigenvalue weighted by atomic mass is 9.94. The number of halogens is 1. The fourth-order valence-corrected chi connectivity index (χ4v) is 4.08. The Morgan fingerprint density at radius 2 is 1.71 bits per heavy atom. The van der Waals surface area contributed by atoms with E-state index in [1.54, 1.807) is 36.4 Å². The molecule has 1 amide bonds. The van der Waals surface area contributed by atoms with Crippen molar-refractivity contribution in [1.29, 1.82) is 0 Å². The summed E-state index contributed by atoms with van der Waals surface area (Å²) in [6, 6.07) is 18.0. The highest BCUT2D eigenvalue weighted by molar-refractivity contribution is 9.10. The molecule has 0 aromatic heterocycles. The number of carbonyl (C=O) groups is 2. The molecule has 6 heteroatoms. The normalized spacial score (nSPS) is 17.9. The van der Waals surface area contributed by atoms with E-state index in [4.69, 9.17) is 0 Å². The van der Waals surface area contributed by atoms with Gasteiger partial charge in [0.25, 0.3) is 11.7 Å². The first kappa shape index (κ1) is 20.9. The van der Waals surface area contributed by atoms with Crippen LogP contribution >= 0.6 is 15.9 Å². The van der Waals surface area contributed by atoms with Gasteiger partial charge < -0.3 is 10.2 Å². The number of phenols is 1. The summed E-state index contributed by atoms with van der Waals surface area (Å²) in [5, 5.41) is 21.2. The van der Waals surface area contributed by atoms with Crippen molar-refractivity contribution in [3.8, 4) is 5.75 Å². The minimum Gasteiger partial charge on any atom is -0.508 e. The fourth-order valence-electron chi connectivity index (χ4n) is 3.83. The molecule has 1 unspecified atom stereocenters. The van der Waals surface area contributed by atoms with Crippen LogP contribution in [0.3, 0.4) is 0 Å². The Kier molecular flexibility index (Phi) is 5.41. The molecule has 0 radical (unpaired) electrons. The van der Waals surface area contributed by atoms with Crippen molar-refractivity contribution in [3.63, 3.8) is 0 Å². The fraction of sp³-hybridized carbons (Fsp3) is 0.120. The van der Waals surface area contributed by atoms with E-state index >= 15 is 0 Å². The molecule has 3 aromatic carbocycles. The summed E-state index contributed by atoms with van der Waals surface area (Å²) in [6.07, 6.45) is 0. The van der Waals surface area contributed by atoms with Gasteiger partial charge >= 0.3 is 0 Å². The summed E-state index contributed by atoms with van der Waals surface area (Å²) in [4.78, 5) is 27.6. The second kappa shape index (κ2) is 8.04. The molecule has 0 aliphatic carbocycles. The topological polar surface area (TPSA) is 77.8 Å². The Bertz CT molecular complexity index is 1250. The van der Waals surface area contributed by atoms with E-state index in [1.165, 1.54) is 17.0 Å². The highest BCUT2D eigenvalue weighted by Gasteiger charge is 2.47. The molecule has 1 atom stereocenters. The summed E-state index contributed by atoms with van der Waals surface area (Å²) < 4.78 is 0.869. The number of nitrogens with zero attached hydrogens (tertiary/aromatic N) is 1. The van der Waals surface area contributed by atoms with Crippen LogP contribution in [0.1, 0.15) is 28.3 Å². The Morgan fingerprint density at radius 1 is 0.968 bits per heavy atom. The summed E-state index contributed by atoms with van der Waals surface area (Å²) in [5.41, 5.74) is 3.30. The molecule has 1 heterocycles. The lowest BCUT2D eigenvalue weighted by Crippen LogP contribution is -2.29. The number of amides is 1. The van der Waals surface area contributed by atoms with E-state index in [1.807, 2.05) is 32.0 Å². The SMILES string of the molecule is Cc1cccc(N2C(=O)C(=O)/C(=C(\O)c3ccc(Br)c(C)c3)C2c2cccc(O)c2)c1. The Balaban J connectivity index is 1.97. The Hall–Kier alpha value is -3.38. The minimum atomic E-state index is -0.877. The lowest BCUT2D eigenvalue weighted by molar-refractivity contribution is -0.132. The number of benzene rings is 3. The first-order chi connectivity index (χ1) is 14.8. The molecule has 1 aliphatic heterocycles. The molecular weight excluding hydrogens is 458 g/mol. The van der Waals surface area contributed by atoms with Gasteiger partial charge in [0.05, 0.1) is 11.6 Å². The van der Waals surface area contributed by atoms with Crippen molar-refractivity contribution >= 4 is 39.1 Å². The molecule has 4 rings (SSSR count). The zero-order chi connectivity index (χ0) is 22.3. The predicted molar refractivity (Wildman–Crippen MR) is 123 cm³/mol. The lowest BCUT2D eigenvalue weighted by Gasteiger charge is -2.26. The van der Waals surface area contributed by atoms with Crippen molar-refractivity contribution in [2.45, 2.75) is 19.9 Å². The third-order valence-electron chi connectivity index (χ3n) is 5.34. The van der Waals surface area contributed by atoms with Crippen molar-refractivity contribution in [2.75, 3.05) is 4.90 Å². The highest BCUT2D eigenvalue weighted by Crippen LogP contribution is 2.43. The van der Waals surface area contributed by atoms with E-state index < -0.39 is 17.7 Å². The molecule has 0 bridgehead atoms. The monoisotopic (exact) mass is 477 g/mol. The summed E-state index contributed by atoms with van der Waals surface area (Å²) in [7, 11) is 0. The van der Waals surface area contributed by atoms with Crippen LogP contribution in [0.2, 0.25) is 0 Å². The first-order valence-electron chi connectivity index (χ1n) is 9.71. The maximum Gasteiger partial charge on any atom is 0.300 e. The Labute approximate surface area is 188 Å². The van der Waals surface area contributed by atoms with Gasteiger partial charge in [0.1, 0.15) is 11.5 Å². The maximum absolute atomic E-state index is 13.1. The van der Waals surface area contributed by atoms with Gasteiger partial charge in [-0.15, -0.1) is 0 Å². The predicted octanol–water partition coefficient (Wildman–Crippen LogP) is 5.40. The number of rotatable bonds is 3. The molecule has 2 N–H and O–H groups in total. The van der Waals surface area contributed by atoms with Crippen LogP contribution < -0.4 is 4.90 Å². The number of carbonyl (C=O) groups excluding carboxylic acids is 2. The van der Waals surface area contributed by atoms with Gasteiger partial charge in [-0.25, -0.2) is 0 Å². The quantitative estimate of drug-likeness (QED) is 0.300. The number of aryl methyl sites for hydroxylation is 2. The number of ketones is 1. The molecule has 5 nitrogen and oxygen atoms in total. The first-order valence-corrected chi connectivity index (χ1v) is 10.5. The summed E-state index contributed by atoms with van der Waals surface area (Å²) >= 11 is 3.43. The largest absolute Gasteiger partial charge is 0.508 e. The van der Waals surface area contributed by atoms with Crippen LogP contribution in [0.4, 0.5) is 5.69 Å². The zero-order valence-corrected chi connectivity index (χ0v) is 18.6. The molecule has 0 saturated carbocycles. The minimum absolute atomic E-state index is 0.00631. The van der Waals surface area contributed by atoms with Crippen LogP contribution in [0.15, 0.2) is 76.8 Å². The average molecular weight is 478 g/mol.